The van der Waals surface area contributed by atoms with Crippen LogP contribution in [0.2, 0.25) is 0 Å². The van der Waals surface area contributed by atoms with Crippen molar-refractivity contribution in [1.29, 1.82) is 0 Å². The van der Waals surface area contributed by atoms with Gasteiger partial charge in [0.25, 0.3) is 0 Å². The van der Waals surface area contributed by atoms with Crippen molar-refractivity contribution in [3.8, 4) is 11.5 Å². The summed E-state index contributed by atoms with van der Waals surface area (Å²) in [6, 6.07) is 2.35. The van der Waals surface area contributed by atoms with Crippen LogP contribution >= 0.6 is 45.2 Å². The lowest BCUT2D eigenvalue weighted by atomic mass is 10.2. The first-order valence-corrected chi connectivity index (χ1v) is 12.3. The number of carbonyl (C=O) groups is 2. The normalized spacial score (nSPS) is 11.2. The minimum Gasteiger partial charge on any atom is -0.488 e. The van der Waals surface area contributed by atoms with Crippen LogP contribution in [0.15, 0.2) is 29.2 Å². The number of hydrogen-bond donors (Lipinski definition) is 1. The first kappa shape index (κ1) is 28.2. The van der Waals surface area contributed by atoms with Crippen LogP contribution in [-0.2, 0) is 19.6 Å². The van der Waals surface area contributed by atoms with E-state index >= 15 is 0 Å². The van der Waals surface area contributed by atoms with Crippen molar-refractivity contribution in [3.63, 3.8) is 0 Å². The number of esters is 2. The number of halogens is 6. The molecule has 0 unspecified atom stereocenters. The number of benzene rings is 2. The van der Waals surface area contributed by atoms with Crippen molar-refractivity contribution in [2.24, 2.45) is 0 Å². The molecule has 0 aliphatic carbocycles. The fraction of sp³-hybridized carbons (Fsp3) is 0.158. The molecule has 0 fully saturated rings. The maximum atomic E-state index is 14.1. The predicted molar refractivity (Wildman–Crippen MR) is 124 cm³/mol. The summed E-state index contributed by atoms with van der Waals surface area (Å²) in [7, 11) is -5.66. The molecule has 0 saturated heterocycles. The molecule has 34 heavy (non-hydrogen) atoms. The molecule has 0 aliphatic heterocycles. The highest BCUT2D eigenvalue weighted by molar-refractivity contribution is 14.1. The molecular formula is C19H12F4I2O8S. The highest BCUT2D eigenvalue weighted by Gasteiger charge is 2.34. The molecule has 0 radical (unpaired) electrons. The van der Waals surface area contributed by atoms with Crippen molar-refractivity contribution in [2.75, 3.05) is 13.2 Å². The molecule has 2 aromatic rings. The molecule has 15 heteroatoms. The highest BCUT2D eigenvalue weighted by atomic mass is 127. The Morgan fingerprint density at radius 2 is 1.47 bits per heavy atom. The van der Waals surface area contributed by atoms with Crippen LogP contribution in [0.25, 0.3) is 0 Å². The molecule has 2 rings (SSSR count). The average molecular weight is 730 g/mol. The van der Waals surface area contributed by atoms with Crippen molar-refractivity contribution >= 4 is 67.2 Å². The van der Waals surface area contributed by atoms with Crippen molar-refractivity contribution in [1.82, 2.24) is 0 Å². The lowest BCUT2D eigenvalue weighted by Gasteiger charge is -2.13. The third-order valence-electron chi connectivity index (χ3n) is 3.78. The second-order valence-corrected chi connectivity index (χ2v) is 10.00. The molecule has 0 amide bonds. The second-order valence-electron chi connectivity index (χ2n) is 6.31. The summed E-state index contributed by atoms with van der Waals surface area (Å²) in [4.78, 5) is 21.4. The van der Waals surface area contributed by atoms with Crippen LogP contribution in [0.5, 0.6) is 11.5 Å². The fourth-order valence-electron chi connectivity index (χ4n) is 2.28. The molecule has 8 nitrogen and oxygen atoms in total. The van der Waals surface area contributed by atoms with Gasteiger partial charge >= 0.3 is 22.1 Å². The topological polar surface area (TPSA) is 116 Å². The highest BCUT2D eigenvalue weighted by Crippen LogP contribution is 2.34. The van der Waals surface area contributed by atoms with E-state index in [1.54, 1.807) is 45.2 Å². The van der Waals surface area contributed by atoms with Crippen LogP contribution in [0.3, 0.4) is 0 Å². The number of ether oxygens (including phenoxy) is 3. The molecule has 0 saturated carbocycles. The smallest absolute Gasteiger partial charge is 0.343 e. The van der Waals surface area contributed by atoms with Crippen LogP contribution in [0.1, 0.15) is 17.3 Å². The van der Waals surface area contributed by atoms with E-state index in [1.807, 2.05) is 0 Å². The van der Waals surface area contributed by atoms with Gasteiger partial charge in [0.15, 0.2) is 16.5 Å². The van der Waals surface area contributed by atoms with Gasteiger partial charge in [0.05, 0.1) is 12.7 Å². The molecule has 0 spiro atoms. The first-order valence-electron chi connectivity index (χ1n) is 8.66. The fourth-order valence-corrected chi connectivity index (χ4v) is 4.99. The molecule has 0 bridgehead atoms. The van der Waals surface area contributed by atoms with Gasteiger partial charge in [0.2, 0.25) is 17.4 Å². The maximum Gasteiger partial charge on any atom is 0.343 e. The SMILES string of the molecule is C=C(C)C(=O)OCCOc1c(I)cc(C(=O)Oc2c(F)c(F)c(S(=O)(=O)O)c(F)c2F)cc1I. The van der Waals surface area contributed by atoms with Crippen molar-refractivity contribution < 1.29 is 54.3 Å². The van der Waals surface area contributed by atoms with Gasteiger partial charge in [-0.1, -0.05) is 6.58 Å². The summed E-state index contributed by atoms with van der Waals surface area (Å²) in [5.74, 6) is -13.2. The van der Waals surface area contributed by atoms with E-state index in [-0.39, 0.29) is 30.1 Å². The minimum atomic E-state index is -5.66. The van der Waals surface area contributed by atoms with E-state index in [1.165, 1.54) is 19.1 Å². The molecule has 0 aromatic heterocycles. The van der Waals surface area contributed by atoms with Crippen LogP contribution < -0.4 is 9.47 Å². The summed E-state index contributed by atoms with van der Waals surface area (Å²) < 4.78 is 102. The number of rotatable bonds is 8. The van der Waals surface area contributed by atoms with Crippen LogP contribution in [0, 0.1) is 30.4 Å². The Morgan fingerprint density at radius 3 is 1.91 bits per heavy atom. The summed E-state index contributed by atoms with van der Waals surface area (Å²) in [6.45, 7) is 4.74. The molecular weight excluding hydrogens is 718 g/mol. The number of carbonyl (C=O) groups excluding carboxylic acids is 2. The predicted octanol–water partition coefficient (Wildman–Crippen LogP) is 4.42. The molecule has 0 aliphatic rings. The molecule has 184 valence electrons. The zero-order valence-electron chi connectivity index (χ0n) is 16.8. The van der Waals surface area contributed by atoms with Crippen molar-refractivity contribution in [2.45, 2.75) is 11.8 Å². The summed E-state index contributed by atoms with van der Waals surface area (Å²) in [5.41, 5.74) is -0.0966. The molecule has 1 N–H and O–H groups in total. The van der Waals surface area contributed by atoms with Gasteiger partial charge in [-0.05, 0) is 64.2 Å². The van der Waals surface area contributed by atoms with Crippen LogP contribution in [-0.4, -0.2) is 38.1 Å². The van der Waals surface area contributed by atoms with E-state index in [2.05, 4.69) is 11.3 Å². The minimum absolute atomic E-state index is 0.0517. The zero-order valence-corrected chi connectivity index (χ0v) is 21.9. The summed E-state index contributed by atoms with van der Waals surface area (Å²) in [5, 5.41) is 0. The lowest BCUT2D eigenvalue weighted by molar-refractivity contribution is -0.139. The van der Waals surface area contributed by atoms with Gasteiger partial charge in [-0.15, -0.1) is 0 Å². The first-order chi connectivity index (χ1) is 15.7. The maximum absolute atomic E-state index is 14.1. The zero-order chi connectivity index (χ0) is 26.0. The Morgan fingerprint density at radius 1 is 0.971 bits per heavy atom. The quantitative estimate of drug-likeness (QED) is 0.0621. The van der Waals surface area contributed by atoms with E-state index < -0.39 is 56.0 Å². The monoisotopic (exact) mass is 730 g/mol. The third kappa shape index (κ3) is 6.36. The number of hydrogen-bond acceptors (Lipinski definition) is 7. The van der Waals surface area contributed by atoms with Gasteiger partial charge in [0.1, 0.15) is 19.0 Å². The Hall–Kier alpha value is -1.99. The lowest BCUT2D eigenvalue weighted by Crippen LogP contribution is -2.16. The Labute approximate surface area is 217 Å². The van der Waals surface area contributed by atoms with Gasteiger partial charge in [-0.3, -0.25) is 4.55 Å². The van der Waals surface area contributed by atoms with Crippen molar-refractivity contribution in [3.05, 3.63) is 60.3 Å². The summed E-state index contributed by atoms with van der Waals surface area (Å²) in [6.07, 6.45) is 0. The van der Waals surface area contributed by atoms with Gasteiger partial charge < -0.3 is 14.2 Å². The third-order valence-corrected chi connectivity index (χ3v) is 6.26. The van der Waals surface area contributed by atoms with E-state index in [4.69, 9.17) is 14.0 Å². The molecule has 2 aromatic carbocycles. The van der Waals surface area contributed by atoms with E-state index in [9.17, 15) is 35.6 Å². The van der Waals surface area contributed by atoms with Crippen LogP contribution in [0.4, 0.5) is 17.6 Å². The standard InChI is InChI=1S/C19H12F4I2O8S/c1-7(2)18(26)32-4-3-31-15-9(24)5-8(6-10(15)25)19(27)33-16-11(20)13(22)17(34(28,29)30)14(23)12(16)21/h5-6H,1,3-4H2,2H3,(H,28,29,30). The Kier molecular flexibility index (Phi) is 9.28. The van der Waals surface area contributed by atoms with Gasteiger partial charge in [-0.25, -0.2) is 18.4 Å². The van der Waals surface area contributed by atoms with E-state index in [0.717, 1.165) is 0 Å². The van der Waals surface area contributed by atoms with Gasteiger partial charge in [-0.2, -0.15) is 17.2 Å². The second kappa shape index (κ2) is 11.2. The molecule has 0 heterocycles. The largest absolute Gasteiger partial charge is 0.488 e. The average Bonchev–Trinajstić information content (AvgIpc) is 2.72. The Balaban J connectivity index is 2.26. The Bertz CT molecular complexity index is 1250. The molecule has 0 atom stereocenters. The summed E-state index contributed by atoms with van der Waals surface area (Å²) >= 11 is 3.53. The van der Waals surface area contributed by atoms with Gasteiger partial charge in [0, 0.05) is 5.57 Å². The van der Waals surface area contributed by atoms with E-state index in [0.29, 0.717) is 7.14 Å².